The van der Waals surface area contributed by atoms with Crippen LogP contribution in [0.4, 0.5) is 0 Å². The lowest BCUT2D eigenvalue weighted by Gasteiger charge is -2.14. The first kappa shape index (κ1) is 13.5. The number of thiazole rings is 1. The highest BCUT2D eigenvalue weighted by molar-refractivity contribution is 7.09. The van der Waals surface area contributed by atoms with E-state index < -0.39 is 0 Å². The lowest BCUT2D eigenvalue weighted by atomic mass is 9.93. The van der Waals surface area contributed by atoms with E-state index >= 15 is 0 Å². The van der Waals surface area contributed by atoms with Crippen LogP contribution >= 0.6 is 11.3 Å². The minimum absolute atomic E-state index is 0.0977. The standard InChI is InChI=1S/C14H22N2OS/c1-14(2,3)11-9-18-12(16-11)8-10-6-4-5-7-15-13(10)17/h9-10H,4-8H2,1-3H3,(H,15,17). The Bertz CT molecular complexity index is 420. The molecule has 1 aromatic heterocycles. The summed E-state index contributed by atoms with van der Waals surface area (Å²) in [5.74, 6) is 0.325. The summed E-state index contributed by atoms with van der Waals surface area (Å²) in [6.45, 7) is 7.35. The van der Waals surface area contributed by atoms with Gasteiger partial charge in [0.05, 0.1) is 10.7 Å². The molecule has 0 aliphatic carbocycles. The zero-order chi connectivity index (χ0) is 13.2. The second-order valence-corrected chi connectivity index (χ2v) is 7.01. The van der Waals surface area contributed by atoms with E-state index in [1.807, 2.05) is 0 Å². The molecule has 1 atom stereocenters. The van der Waals surface area contributed by atoms with E-state index in [0.717, 1.165) is 42.9 Å². The molecule has 1 fully saturated rings. The second-order valence-electron chi connectivity index (χ2n) is 6.06. The van der Waals surface area contributed by atoms with Crippen LogP contribution in [0.1, 0.15) is 50.7 Å². The largest absolute Gasteiger partial charge is 0.356 e. The van der Waals surface area contributed by atoms with Crippen LogP contribution in [-0.2, 0) is 16.6 Å². The first-order chi connectivity index (χ1) is 8.47. The Morgan fingerprint density at radius 3 is 2.89 bits per heavy atom. The SMILES string of the molecule is CC(C)(C)c1csc(CC2CCCCNC2=O)n1. The van der Waals surface area contributed by atoms with Crippen LogP contribution in [0.3, 0.4) is 0 Å². The number of carbonyl (C=O) groups excluding carboxylic acids is 1. The van der Waals surface area contributed by atoms with Gasteiger partial charge in [-0.25, -0.2) is 4.98 Å². The summed E-state index contributed by atoms with van der Waals surface area (Å²) >= 11 is 1.69. The summed E-state index contributed by atoms with van der Waals surface area (Å²) in [6.07, 6.45) is 4.04. The molecule has 4 heteroatoms. The Balaban J connectivity index is 2.04. The zero-order valence-corrected chi connectivity index (χ0v) is 12.3. The smallest absolute Gasteiger partial charge is 0.223 e. The molecule has 1 aliphatic rings. The predicted octanol–water partition coefficient (Wildman–Crippen LogP) is 2.90. The number of hydrogen-bond donors (Lipinski definition) is 1. The van der Waals surface area contributed by atoms with E-state index in [1.54, 1.807) is 11.3 Å². The first-order valence-corrected chi connectivity index (χ1v) is 7.57. The maximum absolute atomic E-state index is 11.9. The highest BCUT2D eigenvalue weighted by Gasteiger charge is 2.23. The lowest BCUT2D eigenvalue weighted by molar-refractivity contribution is -0.124. The van der Waals surface area contributed by atoms with Gasteiger partial charge in [-0.15, -0.1) is 11.3 Å². The number of carbonyl (C=O) groups is 1. The number of nitrogens with one attached hydrogen (secondary N) is 1. The molecule has 1 N–H and O–H groups in total. The molecule has 0 bridgehead atoms. The molecular weight excluding hydrogens is 244 g/mol. The van der Waals surface area contributed by atoms with Crippen LogP contribution < -0.4 is 5.32 Å². The second kappa shape index (κ2) is 5.39. The molecule has 0 spiro atoms. The fraction of sp³-hybridized carbons (Fsp3) is 0.714. The van der Waals surface area contributed by atoms with Gasteiger partial charge in [0, 0.05) is 29.7 Å². The summed E-state index contributed by atoms with van der Waals surface area (Å²) in [5.41, 5.74) is 1.23. The monoisotopic (exact) mass is 266 g/mol. The summed E-state index contributed by atoms with van der Waals surface area (Å²) in [6, 6.07) is 0. The molecule has 1 aliphatic heterocycles. The minimum Gasteiger partial charge on any atom is -0.356 e. The van der Waals surface area contributed by atoms with E-state index in [1.165, 1.54) is 0 Å². The molecular formula is C14H22N2OS. The van der Waals surface area contributed by atoms with Crippen LogP contribution in [0.5, 0.6) is 0 Å². The number of amides is 1. The summed E-state index contributed by atoms with van der Waals surface area (Å²) < 4.78 is 0. The van der Waals surface area contributed by atoms with Gasteiger partial charge >= 0.3 is 0 Å². The van der Waals surface area contributed by atoms with E-state index in [9.17, 15) is 4.79 Å². The van der Waals surface area contributed by atoms with Crippen molar-refractivity contribution < 1.29 is 4.79 Å². The Morgan fingerprint density at radius 1 is 1.44 bits per heavy atom. The molecule has 1 amide bonds. The maximum atomic E-state index is 11.9. The Morgan fingerprint density at radius 2 is 2.22 bits per heavy atom. The molecule has 0 radical (unpaired) electrons. The number of rotatable bonds is 2. The Labute approximate surface area is 113 Å². The van der Waals surface area contributed by atoms with Crippen LogP contribution in [0.25, 0.3) is 0 Å². The molecule has 1 saturated heterocycles. The predicted molar refractivity (Wildman–Crippen MR) is 74.9 cm³/mol. The average Bonchev–Trinajstić information content (AvgIpc) is 2.66. The fourth-order valence-electron chi connectivity index (χ4n) is 2.16. The van der Waals surface area contributed by atoms with Gasteiger partial charge in [-0.1, -0.05) is 27.2 Å². The van der Waals surface area contributed by atoms with E-state index in [4.69, 9.17) is 0 Å². The number of nitrogens with zero attached hydrogens (tertiary/aromatic N) is 1. The van der Waals surface area contributed by atoms with Crippen molar-refractivity contribution in [2.24, 2.45) is 5.92 Å². The third kappa shape index (κ3) is 3.31. The van der Waals surface area contributed by atoms with E-state index in [2.05, 4.69) is 36.5 Å². The van der Waals surface area contributed by atoms with Crippen molar-refractivity contribution in [3.05, 3.63) is 16.1 Å². The van der Waals surface area contributed by atoms with Gasteiger partial charge in [0.2, 0.25) is 5.91 Å². The minimum atomic E-state index is 0.0977. The van der Waals surface area contributed by atoms with Crippen molar-refractivity contribution in [1.82, 2.24) is 10.3 Å². The summed E-state index contributed by atoms with van der Waals surface area (Å²) in [7, 11) is 0. The average molecular weight is 266 g/mol. The Kier molecular flexibility index (Phi) is 4.05. The van der Waals surface area contributed by atoms with Crippen LogP contribution in [0.2, 0.25) is 0 Å². The third-order valence-electron chi connectivity index (χ3n) is 3.39. The van der Waals surface area contributed by atoms with Crippen molar-refractivity contribution in [3.8, 4) is 0 Å². The molecule has 100 valence electrons. The highest BCUT2D eigenvalue weighted by atomic mass is 32.1. The normalized spacial score (nSPS) is 21.5. The fourth-order valence-corrected chi connectivity index (χ4v) is 3.26. The summed E-state index contributed by atoms with van der Waals surface area (Å²) in [4.78, 5) is 16.6. The number of aromatic nitrogens is 1. The van der Waals surface area contributed by atoms with Gasteiger partial charge < -0.3 is 5.32 Å². The molecule has 0 aromatic carbocycles. The molecule has 1 aromatic rings. The van der Waals surface area contributed by atoms with Gasteiger partial charge in [-0.3, -0.25) is 4.79 Å². The third-order valence-corrected chi connectivity index (χ3v) is 4.26. The van der Waals surface area contributed by atoms with Crippen molar-refractivity contribution >= 4 is 17.2 Å². The van der Waals surface area contributed by atoms with Gasteiger partial charge in [0.15, 0.2) is 0 Å². The van der Waals surface area contributed by atoms with Gasteiger partial charge in [0.25, 0.3) is 0 Å². The maximum Gasteiger partial charge on any atom is 0.223 e. The van der Waals surface area contributed by atoms with Crippen molar-refractivity contribution in [3.63, 3.8) is 0 Å². The lowest BCUT2D eigenvalue weighted by Crippen LogP contribution is -2.30. The topological polar surface area (TPSA) is 42.0 Å². The van der Waals surface area contributed by atoms with Crippen molar-refractivity contribution in [2.45, 2.75) is 51.9 Å². The van der Waals surface area contributed by atoms with Gasteiger partial charge in [-0.2, -0.15) is 0 Å². The molecule has 18 heavy (non-hydrogen) atoms. The Hall–Kier alpha value is -0.900. The van der Waals surface area contributed by atoms with Gasteiger partial charge in [0.1, 0.15) is 0 Å². The van der Waals surface area contributed by atoms with Crippen LogP contribution in [0, 0.1) is 5.92 Å². The van der Waals surface area contributed by atoms with E-state index in [-0.39, 0.29) is 17.2 Å². The molecule has 2 rings (SSSR count). The molecule has 0 saturated carbocycles. The van der Waals surface area contributed by atoms with Crippen LogP contribution in [0.15, 0.2) is 5.38 Å². The highest BCUT2D eigenvalue weighted by Crippen LogP contribution is 2.26. The molecule has 2 heterocycles. The van der Waals surface area contributed by atoms with Crippen LogP contribution in [-0.4, -0.2) is 17.4 Å². The van der Waals surface area contributed by atoms with Crippen molar-refractivity contribution in [1.29, 1.82) is 0 Å². The van der Waals surface area contributed by atoms with Crippen molar-refractivity contribution in [2.75, 3.05) is 6.54 Å². The zero-order valence-electron chi connectivity index (χ0n) is 11.5. The summed E-state index contributed by atoms with van der Waals surface area (Å²) in [5, 5.41) is 6.22. The first-order valence-electron chi connectivity index (χ1n) is 6.69. The number of hydrogen-bond acceptors (Lipinski definition) is 3. The molecule has 3 nitrogen and oxygen atoms in total. The van der Waals surface area contributed by atoms with E-state index in [0.29, 0.717) is 0 Å². The quantitative estimate of drug-likeness (QED) is 0.894. The molecule has 1 unspecified atom stereocenters. The van der Waals surface area contributed by atoms with Gasteiger partial charge in [-0.05, 0) is 12.8 Å².